The fraction of sp³-hybridized carbons (Fsp3) is 0.700. The van der Waals surface area contributed by atoms with Crippen molar-refractivity contribution in [2.75, 3.05) is 27.2 Å². The second-order valence-electron chi connectivity index (χ2n) is 3.86. The highest BCUT2D eigenvalue weighted by Gasteiger charge is 2.26. The number of hydrogen-bond acceptors (Lipinski definition) is 2. The molecule has 4 nitrogen and oxygen atoms in total. The summed E-state index contributed by atoms with van der Waals surface area (Å²) in [7, 11) is 3.96. The van der Waals surface area contributed by atoms with E-state index in [1.165, 1.54) is 6.08 Å². The third-order valence-electron chi connectivity index (χ3n) is 2.40. The average Bonchev–Trinajstić information content (AvgIpc) is 2.13. The fourth-order valence-electron chi connectivity index (χ4n) is 1.41. The molecule has 0 aliphatic carbocycles. The molecule has 1 atom stereocenters. The Labute approximate surface area is 85.8 Å². The highest BCUT2D eigenvalue weighted by Crippen LogP contribution is 2.07. The van der Waals surface area contributed by atoms with Gasteiger partial charge in [-0.15, -0.1) is 0 Å². The van der Waals surface area contributed by atoms with E-state index in [4.69, 9.17) is 5.11 Å². The number of amides is 1. The molecule has 4 heteroatoms. The Morgan fingerprint density at radius 3 is 2.57 bits per heavy atom. The lowest BCUT2D eigenvalue weighted by Gasteiger charge is -2.37. The number of carbonyl (C=O) groups is 1. The first-order valence-electron chi connectivity index (χ1n) is 4.84. The minimum Gasteiger partial charge on any atom is -0.391 e. The first-order chi connectivity index (χ1) is 6.47. The molecule has 0 aromatic heterocycles. The molecule has 0 bridgehead atoms. The van der Waals surface area contributed by atoms with Crippen molar-refractivity contribution in [3.8, 4) is 0 Å². The summed E-state index contributed by atoms with van der Waals surface area (Å²) in [6, 6.07) is 0. The number of aliphatic hydroxyl groups excluding tert-OH is 1. The van der Waals surface area contributed by atoms with Gasteiger partial charge in [0.05, 0.1) is 20.7 Å². The van der Waals surface area contributed by atoms with Gasteiger partial charge in [-0.25, -0.2) is 0 Å². The minimum atomic E-state index is -0.166. The van der Waals surface area contributed by atoms with Gasteiger partial charge in [-0.3, -0.25) is 4.79 Å². The van der Waals surface area contributed by atoms with E-state index in [2.05, 4.69) is 11.9 Å². The molecule has 0 fully saturated rings. The lowest BCUT2D eigenvalue weighted by molar-refractivity contribution is -0.917. The average molecular weight is 201 g/mol. The summed E-state index contributed by atoms with van der Waals surface area (Å²) >= 11 is 0. The molecule has 0 aliphatic rings. The van der Waals surface area contributed by atoms with Crippen LogP contribution >= 0.6 is 0 Å². The Morgan fingerprint density at radius 2 is 2.21 bits per heavy atom. The second kappa shape index (κ2) is 5.78. The van der Waals surface area contributed by atoms with Gasteiger partial charge in [0, 0.05) is 6.42 Å². The van der Waals surface area contributed by atoms with Crippen molar-refractivity contribution in [3.05, 3.63) is 12.7 Å². The van der Waals surface area contributed by atoms with Crippen LogP contribution < -0.4 is 5.32 Å². The van der Waals surface area contributed by atoms with Crippen molar-refractivity contribution in [2.45, 2.75) is 19.5 Å². The quantitative estimate of drug-likeness (QED) is 0.363. The summed E-state index contributed by atoms with van der Waals surface area (Å²) in [5, 5.41) is 11.7. The van der Waals surface area contributed by atoms with Gasteiger partial charge in [-0.1, -0.05) is 13.5 Å². The number of nitrogens with zero attached hydrogens (tertiary/aromatic N) is 1. The maximum Gasteiger partial charge on any atom is 0.247 e. The summed E-state index contributed by atoms with van der Waals surface area (Å²) < 4.78 is 0.576. The van der Waals surface area contributed by atoms with Gasteiger partial charge in [0.1, 0.15) is 6.54 Å². The molecule has 0 aromatic rings. The summed E-state index contributed by atoms with van der Waals surface area (Å²) in [5.74, 6) is -0.166. The molecule has 0 saturated carbocycles. The largest absolute Gasteiger partial charge is 0.391 e. The van der Waals surface area contributed by atoms with Crippen molar-refractivity contribution in [1.82, 2.24) is 5.32 Å². The molecule has 2 N–H and O–H groups in total. The van der Waals surface area contributed by atoms with Crippen molar-refractivity contribution in [1.29, 1.82) is 0 Å². The monoisotopic (exact) mass is 201 g/mol. The van der Waals surface area contributed by atoms with E-state index >= 15 is 0 Å². The lowest BCUT2D eigenvalue weighted by atomic mass is 10.2. The molecule has 0 heterocycles. The molecule has 1 unspecified atom stereocenters. The van der Waals surface area contributed by atoms with E-state index in [0.717, 1.165) is 6.42 Å². The highest BCUT2D eigenvalue weighted by molar-refractivity contribution is 5.86. The van der Waals surface area contributed by atoms with Crippen LogP contribution in [0, 0.1) is 0 Å². The van der Waals surface area contributed by atoms with E-state index in [1.807, 2.05) is 21.0 Å². The zero-order chi connectivity index (χ0) is 11.2. The van der Waals surface area contributed by atoms with Gasteiger partial charge in [0.25, 0.3) is 0 Å². The van der Waals surface area contributed by atoms with E-state index < -0.39 is 0 Å². The lowest BCUT2D eigenvalue weighted by Crippen LogP contribution is -2.58. The molecule has 1 amide bonds. The van der Waals surface area contributed by atoms with E-state index in [-0.39, 0.29) is 18.7 Å². The van der Waals surface area contributed by atoms with Gasteiger partial charge in [-0.05, 0) is 6.08 Å². The van der Waals surface area contributed by atoms with Crippen molar-refractivity contribution >= 4 is 5.91 Å². The maximum absolute atomic E-state index is 11.1. The van der Waals surface area contributed by atoms with Crippen molar-refractivity contribution < 1.29 is 14.4 Å². The van der Waals surface area contributed by atoms with E-state index in [1.54, 1.807) is 0 Å². The SMILES string of the molecule is C=CC(=O)NC(CC)[N+](C)(C)CCO. The molecule has 0 rings (SSSR count). The third-order valence-corrected chi connectivity index (χ3v) is 2.40. The standard InChI is InChI=1S/C10H20N2O2/c1-5-9(11-10(14)6-2)12(3,4)7-8-13/h6,9,13H,2,5,7-8H2,1,3-4H3/p+1. The topological polar surface area (TPSA) is 49.3 Å². The molecule has 0 saturated heterocycles. The van der Waals surface area contributed by atoms with Gasteiger partial charge >= 0.3 is 0 Å². The Kier molecular flexibility index (Phi) is 5.42. The fourth-order valence-corrected chi connectivity index (χ4v) is 1.41. The summed E-state index contributed by atoms with van der Waals surface area (Å²) in [6.45, 7) is 6.15. The van der Waals surface area contributed by atoms with Gasteiger partial charge in [0.2, 0.25) is 5.91 Å². The minimum absolute atomic E-state index is 0.0210. The van der Waals surface area contributed by atoms with Crippen LogP contribution in [0.1, 0.15) is 13.3 Å². The van der Waals surface area contributed by atoms with Crippen LogP contribution in [-0.4, -0.2) is 48.9 Å². The number of quaternary nitrogens is 1. The first-order valence-corrected chi connectivity index (χ1v) is 4.84. The molecule has 0 aromatic carbocycles. The molecule has 0 radical (unpaired) electrons. The van der Waals surface area contributed by atoms with Crippen molar-refractivity contribution in [2.24, 2.45) is 0 Å². The van der Waals surface area contributed by atoms with E-state index in [9.17, 15) is 4.79 Å². The van der Waals surface area contributed by atoms with Crippen LogP contribution in [0.4, 0.5) is 0 Å². The van der Waals surface area contributed by atoms with Crippen LogP contribution in [0.5, 0.6) is 0 Å². The number of hydrogen-bond donors (Lipinski definition) is 2. The smallest absolute Gasteiger partial charge is 0.247 e. The first kappa shape index (κ1) is 13.1. The number of rotatable bonds is 6. The number of aliphatic hydroxyl groups is 1. The Morgan fingerprint density at radius 1 is 1.64 bits per heavy atom. The summed E-state index contributed by atoms with van der Waals surface area (Å²) in [5.41, 5.74) is 0. The zero-order valence-corrected chi connectivity index (χ0v) is 9.29. The van der Waals surface area contributed by atoms with Gasteiger partial charge < -0.3 is 14.9 Å². The molecule has 0 aliphatic heterocycles. The zero-order valence-electron chi connectivity index (χ0n) is 9.29. The number of nitrogens with one attached hydrogen (secondary N) is 1. The summed E-state index contributed by atoms with van der Waals surface area (Å²) in [4.78, 5) is 11.1. The molecular weight excluding hydrogens is 180 g/mol. The molecule has 14 heavy (non-hydrogen) atoms. The van der Waals surface area contributed by atoms with E-state index in [0.29, 0.717) is 11.0 Å². The van der Waals surface area contributed by atoms with Gasteiger partial charge in [0.15, 0.2) is 6.17 Å². The van der Waals surface area contributed by atoms with Gasteiger partial charge in [-0.2, -0.15) is 0 Å². The molecule has 82 valence electrons. The predicted octanol–water partition coefficient (Wildman–Crippen LogP) is 0.0934. The predicted molar refractivity (Wildman–Crippen MR) is 56.5 cm³/mol. The third kappa shape index (κ3) is 3.89. The van der Waals surface area contributed by atoms with Crippen LogP contribution in [-0.2, 0) is 4.79 Å². The molecular formula is C10H21N2O2+. The van der Waals surface area contributed by atoms with Crippen LogP contribution in [0.3, 0.4) is 0 Å². The second-order valence-corrected chi connectivity index (χ2v) is 3.86. The summed E-state index contributed by atoms with van der Waals surface area (Å²) in [6.07, 6.45) is 2.11. The van der Waals surface area contributed by atoms with Crippen LogP contribution in [0.2, 0.25) is 0 Å². The highest BCUT2D eigenvalue weighted by atomic mass is 16.3. The Balaban J connectivity index is 4.37. The Hall–Kier alpha value is -0.870. The normalized spacial score (nSPS) is 13.4. The maximum atomic E-state index is 11.1. The molecule has 0 spiro atoms. The number of carbonyl (C=O) groups excluding carboxylic acids is 1. The van der Waals surface area contributed by atoms with Crippen molar-refractivity contribution in [3.63, 3.8) is 0 Å². The number of likely N-dealkylation sites (N-methyl/N-ethyl adjacent to an activating group) is 1. The Bertz CT molecular complexity index is 202. The van der Waals surface area contributed by atoms with Crippen LogP contribution in [0.15, 0.2) is 12.7 Å². The van der Waals surface area contributed by atoms with Crippen LogP contribution in [0.25, 0.3) is 0 Å².